The second-order valence-electron chi connectivity index (χ2n) is 7.22. The lowest BCUT2D eigenvalue weighted by atomic mass is 10.1. The van der Waals surface area contributed by atoms with E-state index in [1.54, 1.807) is 0 Å². The third-order valence-electron chi connectivity index (χ3n) is 5.35. The Morgan fingerprint density at radius 1 is 0.667 bits per heavy atom. The third kappa shape index (κ3) is 13.2. The fourth-order valence-electron chi connectivity index (χ4n) is 3.48. The molecule has 0 bridgehead atoms. The van der Waals surface area contributed by atoms with Crippen molar-refractivity contribution in [2.75, 3.05) is 31.9 Å². The van der Waals surface area contributed by atoms with Crippen molar-refractivity contribution in [2.45, 2.75) is 91.4 Å². The number of hydrogen-bond acceptors (Lipinski definition) is 3. The molecule has 0 radical (unpaired) electrons. The molecule has 146 valence electrons. The SMILES string of the molecule is CCCCCCCCCCCC[N+](CC)(CC)CCCS(=O)(=O)[O-]. The Morgan fingerprint density at radius 2 is 1.08 bits per heavy atom. The standard InChI is InChI=1S/C19H41NO3S/c1-4-7-8-9-10-11-12-13-14-15-17-20(5-2,6-3)18-16-19-24(21,22)23/h4-19H2,1-3H3. The van der Waals surface area contributed by atoms with E-state index in [-0.39, 0.29) is 5.75 Å². The van der Waals surface area contributed by atoms with Crippen molar-refractivity contribution in [2.24, 2.45) is 0 Å². The molecule has 0 aromatic rings. The van der Waals surface area contributed by atoms with Gasteiger partial charge in [0.25, 0.3) is 0 Å². The number of nitrogens with zero attached hydrogens (tertiary/aromatic N) is 1. The number of quaternary nitrogens is 1. The molecule has 0 aliphatic rings. The summed E-state index contributed by atoms with van der Waals surface area (Å²) in [6, 6.07) is 0. The molecule has 0 N–H and O–H groups in total. The van der Waals surface area contributed by atoms with E-state index < -0.39 is 10.1 Å². The fourth-order valence-corrected chi connectivity index (χ4v) is 3.96. The molecule has 0 heterocycles. The van der Waals surface area contributed by atoms with Crippen LogP contribution in [0.2, 0.25) is 0 Å². The molecule has 0 spiro atoms. The van der Waals surface area contributed by atoms with Gasteiger partial charge in [0.15, 0.2) is 0 Å². The summed E-state index contributed by atoms with van der Waals surface area (Å²) < 4.78 is 33.3. The van der Waals surface area contributed by atoms with Crippen LogP contribution in [0.15, 0.2) is 0 Å². The first-order valence-corrected chi connectivity index (χ1v) is 11.8. The predicted molar refractivity (Wildman–Crippen MR) is 102 cm³/mol. The largest absolute Gasteiger partial charge is 0.748 e. The molecule has 0 aliphatic carbocycles. The molecule has 24 heavy (non-hydrogen) atoms. The molecule has 0 saturated carbocycles. The number of hydrogen-bond donors (Lipinski definition) is 0. The van der Waals surface area contributed by atoms with Gasteiger partial charge in [0, 0.05) is 12.2 Å². The van der Waals surface area contributed by atoms with Crippen molar-refractivity contribution in [3.63, 3.8) is 0 Å². The Balaban J connectivity index is 3.80. The Morgan fingerprint density at radius 3 is 1.50 bits per heavy atom. The summed E-state index contributed by atoms with van der Waals surface area (Å²) in [6.07, 6.45) is 13.9. The summed E-state index contributed by atoms with van der Waals surface area (Å²) in [5.41, 5.74) is 0. The molecule has 5 heteroatoms. The highest BCUT2D eigenvalue weighted by Gasteiger charge is 2.22. The zero-order valence-corrected chi connectivity index (χ0v) is 17.2. The van der Waals surface area contributed by atoms with E-state index >= 15 is 0 Å². The van der Waals surface area contributed by atoms with Crippen LogP contribution in [0.25, 0.3) is 0 Å². The Kier molecular flexibility index (Phi) is 14.0. The normalized spacial score (nSPS) is 12.7. The van der Waals surface area contributed by atoms with E-state index in [2.05, 4.69) is 20.8 Å². The second-order valence-corrected chi connectivity index (χ2v) is 8.74. The smallest absolute Gasteiger partial charge is 0.0948 e. The van der Waals surface area contributed by atoms with Gasteiger partial charge in [-0.15, -0.1) is 0 Å². The van der Waals surface area contributed by atoms with Crippen LogP contribution in [0.3, 0.4) is 0 Å². The first kappa shape index (κ1) is 23.9. The van der Waals surface area contributed by atoms with Gasteiger partial charge in [-0.3, -0.25) is 0 Å². The fraction of sp³-hybridized carbons (Fsp3) is 1.00. The molecule has 0 aromatic heterocycles. The van der Waals surface area contributed by atoms with Gasteiger partial charge in [-0.1, -0.05) is 58.3 Å². The summed E-state index contributed by atoms with van der Waals surface area (Å²) in [7, 11) is -4.07. The van der Waals surface area contributed by atoms with E-state index in [9.17, 15) is 13.0 Å². The molecule has 0 amide bonds. The van der Waals surface area contributed by atoms with E-state index in [0.717, 1.165) is 30.7 Å². The van der Waals surface area contributed by atoms with Gasteiger partial charge in [-0.25, -0.2) is 8.42 Å². The molecule has 0 saturated heterocycles. The molecule has 0 atom stereocenters. The van der Waals surface area contributed by atoms with E-state index in [1.165, 1.54) is 64.2 Å². The van der Waals surface area contributed by atoms with Crippen molar-refractivity contribution in [1.29, 1.82) is 0 Å². The van der Waals surface area contributed by atoms with E-state index in [0.29, 0.717) is 6.42 Å². The van der Waals surface area contributed by atoms with E-state index in [4.69, 9.17) is 0 Å². The molecule has 0 aliphatic heterocycles. The van der Waals surface area contributed by atoms with Gasteiger partial charge in [0.2, 0.25) is 0 Å². The van der Waals surface area contributed by atoms with Gasteiger partial charge in [0.1, 0.15) is 0 Å². The maximum absolute atomic E-state index is 10.8. The highest BCUT2D eigenvalue weighted by Crippen LogP contribution is 2.14. The highest BCUT2D eigenvalue weighted by molar-refractivity contribution is 7.85. The van der Waals surface area contributed by atoms with Crippen LogP contribution >= 0.6 is 0 Å². The van der Waals surface area contributed by atoms with Gasteiger partial charge in [-0.2, -0.15) is 0 Å². The van der Waals surface area contributed by atoms with Crippen LogP contribution in [0.4, 0.5) is 0 Å². The highest BCUT2D eigenvalue weighted by atomic mass is 32.2. The Bertz CT molecular complexity index is 378. The van der Waals surface area contributed by atoms with Gasteiger partial charge in [0.05, 0.1) is 36.3 Å². The first-order chi connectivity index (χ1) is 11.4. The van der Waals surface area contributed by atoms with Gasteiger partial charge in [-0.05, 0) is 26.7 Å². The number of unbranched alkanes of at least 4 members (excludes halogenated alkanes) is 9. The van der Waals surface area contributed by atoms with Crippen molar-refractivity contribution in [1.82, 2.24) is 0 Å². The van der Waals surface area contributed by atoms with Crippen LogP contribution in [0.1, 0.15) is 91.4 Å². The lowest BCUT2D eigenvalue weighted by molar-refractivity contribution is -0.925. The summed E-state index contributed by atoms with van der Waals surface area (Å²) >= 11 is 0. The van der Waals surface area contributed by atoms with Crippen LogP contribution in [-0.4, -0.2) is 49.4 Å². The molecular formula is C19H41NO3S. The molecule has 0 unspecified atom stereocenters. The monoisotopic (exact) mass is 363 g/mol. The Hall–Kier alpha value is -0.130. The van der Waals surface area contributed by atoms with Gasteiger partial charge < -0.3 is 9.04 Å². The second kappa shape index (κ2) is 14.1. The van der Waals surface area contributed by atoms with Crippen LogP contribution < -0.4 is 0 Å². The van der Waals surface area contributed by atoms with Crippen molar-refractivity contribution >= 4 is 10.1 Å². The predicted octanol–water partition coefficient (Wildman–Crippen LogP) is 4.70. The average molecular weight is 364 g/mol. The molecule has 0 aromatic carbocycles. The van der Waals surface area contributed by atoms with Crippen LogP contribution in [-0.2, 0) is 10.1 Å². The first-order valence-electron chi connectivity index (χ1n) is 10.2. The lowest BCUT2D eigenvalue weighted by Gasteiger charge is -2.37. The summed E-state index contributed by atoms with van der Waals surface area (Å²) in [4.78, 5) is 0. The average Bonchev–Trinajstić information content (AvgIpc) is 2.54. The zero-order chi connectivity index (χ0) is 18.3. The maximum atomic E-state index is 10.8. The van der Waals surface area contributed by atoms with E-state index in [1.807, 2.05) is 0 Å². The van der Waals surface area contributed by atoms with Crippen molar-refractivity contribution in [3.8, 4) is 0 Å². The Labute approximate surface area is 151 Å². The quantitative estimate of drug-likeness (QED) is 0.214. The van der Waals surface area contributed by atoms with Crippen molar-refractivity contribution < 1.29 is 17.5 Å². The van der Waals surface area contributed by atoms with Crippen LogP contribution in [0, 0.1) is 0 Å². The molecular weight excluding hydrogens is 322 g/mol. The lowest BCUT2D eigenvalue weighted by Crippen LogP contribution is -2.49. The minimum Gasteiger partial charge on any atom is -0.748 e. The summed E-state index contributed by atoms with van der Waals surface area (Å²) in [5.74, 6) is -0.217. The van der Waals surface area contributed by atoms with Crippen LogP contribution in [0.5, 0.6) is 0 Å². The maximum Gasteiger partial charge on any atom is 0.0948 e. The number of rotatable bonds is 17. The van der Waals surface area contributed by atoms with Crippen molar-refractivity contribution in [3.05, 3.63) is 0 Å². The molecule has 0 rings (SSSR count). The molecule has 0 fully saturated rings. The summed E-state index contributed by atoms with van der Waals surface area (Å²) in [5, 5.41) is 0. The minimum absolute atomic E-state index is 0.217. The minimum atomic E-state index is -4.07. The zero-order valence-electron chi connectivity index (χ0n) is 16.4. The molecule has 4 nitrogen and oxygen atoms in total. The summed E-state index contributed by atoms with van der Waals surface area (Å²) in [6.45, 7) is 10.6. The van der Waals surface area contributed by atoms with Gasteiger partial charge >= 0.3 is 0 Å². The third-order valence-corrected chi connectivity index (χ3v) is 6.14. The topological polar surface area (TPSA) is 57.2 Å².